The van der Waals surface area contributed by atoms with E-state index in [2.05, 4.69) is 5.16 Å². The molecule has 0 saturated heterocycles. The van der Waals surface area contributed by atoms with Crippen molar-refractivity contribution in [2.45, 2.75) is 20.5 Å². The topological polar surface area (TPSA) is 73.9 Å². The first-order chi connectivity index (χ1) is 13.0. The Balaban J connectivity index is 1.65. The van der Waals surface area contributed by atoms with Gasteiger partial charge in [0.05, 0.1) is 10.4 Å². The van der Waals surface area contributed by atoms with E-state index >= 15 is 0 Å². The molecule has 0 bridgehead atoms. The number of carbonyl (C=O) groups is 1. The van der Waals surface area contributed by atoms with Gasteiger partial charge in [-0.05, 0) is 60.2 Å². The minimum absolute atomic E-state index is 0.174. The van der Waals surface area contributed by atoms with Gasteiger partial charge in [0, 0.05) is 0 Å². The summed E-state index contributed by atoms with van der Waals surface area (Å²) < 4.78 is 5.89. The quantitative estimate of drug-likeness (QED) is 0.297. The van der Waals surface area contributed by atoms with Gasteiger partial charge in [-0.15, -0.1) is 11.3 Å². The van der Waals surface area contributed by atoms with E-state index < -0.39 is 5.97 Å². The predicted molar refractivity (Wildman–Crippen MR) is 107 cm³/mol. The summed E-state index contributed by atoms with van der Waals surface area (Å²) in [4.78, 5) is 17.9. The van der Waals surface area contributed by atoms with Gasteiger partial charge in [0.25, 0.3) is 0 Å². The molecule has 6 heteroatoms. The summed E-state index contributed by atoms with van der Waals surface area (Å²) in [5.74, 6) is 0.437. The summed E-state index contributed by atoms with van der Waals surface area (Å²) in [5.41, 5.74) is 9.25. The average Bonchev–Trinajstić information content (AvgIpc) is 3.21. The highest BCUT2D eigenvalue weighted by Crippen LogP contribution is 2.20. The molecule has 1 aromatic heterocycles. The van der Waals surface area contributed by atoms with Gasteiger partial charge in [-0.3, -0.25) is 0 Å². The molecule has 0 aliphatic rings. The zero-order valence-corrected chi connectivity index (χ0v) is 16.0. The third-order valence-electron chi connectivity index (χ3n) is 3.90. The molecule has 2 N–H and O–H groups in total. The Morgan fingerprint density at radius 1 is 1.11 bits per heavy atom. The number of nitrogens with two attached hydrogens (primary N) is 1. The number of hydrogen-bond acceptors (Lipinski definition) is 5. The fourth-order valence-electron chi connectivity index (χ4n) is 2.42. The van der Waals surface area contributed by atoms with Gasteiger partial charge in [-0.25, -0.2) is 4.79 Å². The number of thiophene rings is 1. The molecule has 1 heterocycles. The lowest BCUT2D eigenvalue weighted by Gasteiger charge is -2.10. The normalized spacial score (nSPS) is 11.3. The summed E-state index contributed by atoms with van der Waals surface area (Å²) in [6.45, 7) is 4.37. The molecule has 0 atom stereocenters. The molecule has 0 aliphatic carbocycles. The fraction of sp³-hybridized carbons (Fsp3) is 0.143. The van der Waals surface area contributed by atoms with Crippen molar-refractivity contribution in [2.75, 3.05) is 0 Å². The molecule has 0 radical (unpaired) electrons. The van der Waals surface area contributed by atoms with E-state index in [9.17, 15) is 4.79 Å². The molecule has 3 aromatic rings. The largest absolute Gasteiger partial charge is 0.489 e. The van der Waals surface area contributed by atoms with Gasteiger partial charge in [0.15, 0.2) is 5.84 Å². The second-order valence-corrected chi connectivity index (χ2v) is 7.04. The van der Waals surface area contributed by atoms with E-state index in [1.807, 2.05) is 55.6 Å². The smallest absolute Gasteiger partial charge is 0.365 e. The third kappa shape index (κ3) is 4.95. The zero-order chi connectivity index (χ0) is 19.2. The molecule has 0 saturated carbocycles. The van der Waals surface area contributed by atoms with Crippen LogP contribution in [-0.2, 0) is 11.4 Å². The molecule has 0 unspecified atom stereocenters. The zero-order valence-electron chi connectivity index (χ0n) is 15.1. The molecular weight excluding hydrogens is 360 g/mol. The van der Waals surface area contributed by atoms with Crippen LogP contribution in [-0.4, -0.2) is 11.8 Å². The van der Waals surface area contributed by atoms with Crippen molar-refractivity contribution in [3.05, 3.63) is 87.1 Å². The predicted octanol–water partition coefficient (Wildman–Crippen LogP) is 4.42. The SMILES string of the molecule is Cc1ccc(C)c(OCc2cccc(C(=O)O/N=C(\N)c3cccs3)c2)c1. The van der Waals surface area contributed by atoms with Gasteiger partial charge in [-0.2, -0.15) is 0 Å². The van der Waals surface area contributed by atoms with E-state index in [4.69, 9.17) is 15.3 Å². The van der Waals surface area contributed by atoms with Crippen LogP contribution in [0.3, 0.4) is 0 Å². The minimum atomic E-state index is -0.567. The monoisotopic (exact) mass is 380 g/mol. The summed E-state index contributed by atoms with van der Waals surface area (Å²) >= 11 is 1.42. The van der Waals surface area contributed by atoms with Crippen molar-refractivity contribution in [3.8, 4) is 5.75 Å². The molecule has 0 spiro atoms. The number of oxime groups is 1. The second kappa shape index (κ2) is 8.51. The molecule has 0 fully saturated rings. The van der Waals surface area contributed by atoms with E-state index in [-0.39, 0.29) is 5.84 Å². The highest BCUT2D eigenvalue weighted by atomic mass is 32.1. The Morgan fingerprint density at radius 2 is 1.96 bits per heavy atom. The van der Waals surface area contributed by atoms with E-state index in [0.29, 0.717) is 12.2 Å². The van der Waals surface area contributed by atoms with Crippen LogP contribution in [0.1, 0.15) is 31.9 Å². The molecule has 27 heavy (non-hydrogen) atoms. The lowest BCUT2D eigenvalue weighted by Crippen LogP contribution is -2.13. The lowest BCUT2D eigenvalue weighted by atomic mass is 10.1. The number of benzene rings is 2. The van der Waals surface area contributed by atoms with E-state index in [0.717, 1.165) is 27.3 Å². The molecule has 0 amide bonds. The number of rotatable bonds is 6. The van der Waals surface area contributed by atoms with Crippen LogP contribution in [0.4, 0.5) is 0 Å². The van der Waals surface area contributed by atoms with Crippen molar-refractivity contribution in [3.63, 3.8) is 0 Å². The maximum absolute atomic E-state index is 12.2. The minimum Gasteiger partial charge on any atom is -0.489 e. The standard InChI is InChI=1S/C21H20N2O3S/c1-14-8-9-15(2)18(11-14)25-13-16-5-3-6-17(12-16)21(24)26-23-20(22)19-7-4-10-27-19/h3-12H,13H2,1-2H3,(H2,22,23). The maximum Gasteiger partial charge on any atom is 0.365 e. The van der Waals surface area contributed by atoms with Crippen molar-refractivity contribution < 1.29 is 14.4 Å². The Hall–Kier alpha value is -3.12. The highest BCUT2D eigenvalue weighted by molar-refractivity contribution is 7.12. The van der Waals surface area contributed by atoms with Crippen LogP contribution < -0.4 is 10.5 Å². The maximum atomic E-state index is 12.2. The van der Waals surface area contributed by atoms with Gasteiger partial charge in [0.1, 0.15) is 12.4 Å². The van der Waals surface area contributed by atoms with Crippen molar-refractivity contribution in [1.29, 1.82) is 0 Å². The van der Waals surface area contributed by atoms with Crippen LogP contribution in [0, 0.1) is 13.8 Å². The van der Waals surface area contributed by atoms with Crippen molar-refractivity contribution in [2.24, 2.45) is 10.9 Å². The van der Waals surface area contributed by atoms with Crippen molar-refractivity contribution >= 4 is 23.1 Å². The van der Waals surface area contributed by atoms with Crippen LogP contribution in [0.5, 0.6) is 5.75 Å². The Labute approximate surface area is 162 Å². The highest BCUT2D eigenvalue weighted by Gasteiger charge is 2.10. The summed E-state index contributed by atoms with van der Waals surface area (Å²) in [6.07, 6.45) is 0. The number of carbonyl (C=O) groups excluding carboxylic acids is 1. The van der Waals surface area contributed by atoms with Gasteiger partial charge >= 0.3 is 5.97 Å². The first-order valence-electron chi connectivity index (χ1n) is 8.40. The third-order valence-corrected chi connectivity index (χ3v) is 4.79. The number of aryl methyl sites for hydroxylation is 2. The van der Waals surface area contributed by atoms with E-state index in [1.54, 1.807) is 18.2 Å². The number of ether oxygens (including phenoxy) is 1. The Bertz CT molecular complexity index is 965. The number of nitrogens with zero attached hydrogens (tertiary/aromatic N) is 1. The van der Waals surface area contributed by atoms with Gasteiger partial charge in [-0.1, -0.05) is 35.5 Å². The summed E-state index contributed by atoms with van der Waals surface area (Å²) in [7, 11) is 0. The fourth-order valence-corrected chi connectivity index (χ4v) is 3.04. The molecule has 3 rings (SSSR count). The molecule has 138 valence electrons. The Kier molecular flexibility index (Phi) is 5.88. The van der Waals surface area contributed by atoms with Gasteiger partial charge < -0.3 is 15.3 Å². The van der Waals surface area contributed by atoms with Crippen molar-refractivity contribution in [1.82, 2.24) is 0 Å². The van der Waals surface area contributed by atoms with Crippen LogP contribution >= 0.6 is 11.3 Å². The van der Waals surface area contributed by atoms with Gasteiger partial charge in [0.2, 0.25) is 0 Å². The lowest BCUT2D eigenvalue weighted by molar-refractivity contribution is 0.0516. The summed E-state index contributed by atoms with van der Waals surface area (Å²) in [6, 6.07) is 16.8. The molecule has 5 nitrogen and oxygen atoms in total. The molecule has 0 aliphatic heterocycles. The molecular formula is C21H20N2O3S. The first-order valence-corrected chi connectivity index (χ1v) is 9.28. The Morgan fingerprint density at radius 3 is 2.74 bits per heavy atom. The number of hydrogen-bond donors (Lipinski definition) is 1. The first kappa shape index (κ1) is 18.7. The average molecular weight is 380 g/mol. The van der Waals surface area contributed by atoms with Crippen LogP contribution in [0.25, 0.3) is 0 Å². The van der Waals surface area contributed by atoms with E-state index in [1.165, 1.54) is 11.3 Å². The molecule has 2 aromatic carbocycles. The number of amidine groups is 1. The van der Waals surface area contributed by atoms with Crippen LogP contribution in [0.15, 0.2) is 65.1 Å². The summed E-state index contributed by atoms with van der Waals surface area (Å²) in [5, 5.41) is 5.59. The van der Waals surface area contributed by atoms with Crippen LogP contribution in [0.2, 0.25) is 0 Å². The second-order valence-electron chi connectivity index (χ2n) is 6.09.